The van der Waals surface area contributed by atoms with E-state index in [1.165, 1.54) is 6.26 Å². The summed E-state index contributed by atoms with van der Waals surface area (Å²) < 4.78 is 5.20. The average Bonchev–Trinajstić information content (AvgIpc) is 3.18. The summed E-state index contributed by atoms with van der Waals surface area (Å²) in [7, 11) is 0. The maximum atomic E-state index is 12.4. The molecular formula is C14H20N4O2. The zero-order valence-corrected chi connectivity index (χ0v) is 11.8. The first-order chi connectivity index (χ1) is 9.79. The van der Waals surface area contributed by atoms with Crippen LogP contribution in [0, 0.1) is 0 Å². The van der Waals surface area contributed by atoms with Crippen LogP contribution >= 0.6 is 0 Å². The summed E-state index contributed by atoms with van der Waals surface area (Å²) >= 11 is 0. The van der Waals surface area contributed by atoms with Crippen molar-refractivity contribution in [2.24, 2.45) is 4.99 Å². The van der Waals surface area contributed by atoms with Crippen molar-refractivity contribution >= 4 is 11.9 Å². The van der Waals surface area contributed by atoms with E-state index in [2.05, 4.69) is 21.7 Å². The Morgan fingerprint density at radius 1 is 1.30 bits per heavy atom. The van der Waals surface area contributed by atoms with E-state index in [1.807, 2.05) is 0 Å². The third-order valence-corrected chi connectivity index (χ3v) is 3.90. The van der Waals surface area contributed by atoms with Crippen LogP contribution in [-0.2, 0) is 0 Å². The molecule has 3 rings (SSSR count). The first kappa shape index (κ1) is 13.2. The molecule has 6 nitrogen and oxygen atoms in total. The van der Waals surface area contributed by atoms with Gasteiger partial charge in [-0.3, -0.25) is 14.7 Å². The van der Waals surface area contributed by atoms with Crippen molar-refractivity contribution in [2.45, 2.75) is 6.92 Å². The lowest BCUT2D eigenvalue weighted by atomic mass is 10.3. The summed E-state index contributed by atoms with van der Waals surface area (Å²) in [5.74, 6) is 1.10. The molecule has 0 saturated carbocycles. The molecule has 0 atom stereocenters. The number of amides is 1. The molecule has 1 fully saturated rings. The predicted octanol–water partition coefficient (Wildman–Crippen LogP) is 0.729. The van der Waals surface area contributed by atoms with Crippen LogP contribution in [0.3, 0.4) is 0 Å². The van der Waals surface area contributed by atoms with Crippen LogP contribution in [0.5, 0.6) is 0 Å². The largest absolute Gasteiger partial charge is 0.459 e. The van der Waals surface area contributed by atoms with Crippen LogP contribution in [-0.4, -0.2) is 72.4 Å². The third-order valence-electron chi connectivity index (χ3n) is 3.90. The van der Waals surface area contributed by atoms with Gasteiger partial charge in [0.2, 0.25) is 5.96 Å². The van der Waals surface area contributed by atoms with E-state index < -0.39 is 0 Å². The standard InChI is InChI=1S/C14H20N4O2/c1-2-16-7-9-17(10-8-16)14-15-5-6-18(14)13(19)12-4-3-11-20-12/h3-4,11H,2,5-10H2,1H3. The van der Waals surface area contributed by atoms with E-state index in [4.69, 9.17) is 4.42 Å². The maximum absolute atomic E-state index is 12.4. The Morgan fingerprint density at radius 2 is 2.10 bits per heavy atom. The Kier molecular flexibility index (Phi) is 3.73. The summed E-state index contributed by atoms with van der Waals surface area (Å²) in [5.41, 5.74) is 0. The fourth-order valence-electron chi connectivity index (χ4n) is 2.70. The number of hydrogen-bond donors (Lipinski definition) is 0. The van der Waals surface area contributed by atoms with Gasteiger partial charge in [0.1, 0.15) is 0 Å². The quantitative estimate of drug-likeness (QED) is 0.799. The zero-order valence-electron chi connectivity index (χ0n) is 11.8. The summed E-state index contributed by atoms with van der Waals surface area (Å²) in [4.78, 5) is 23.3. The molecule has 0 aromatic carbocycles. The number of likely N-dealkylation sites (N-methyl/N-ethyl adjacent to an activating group) is 1. The molecule has 6 heteroatoms. The van der Waals surface area contributed by atoms with Crippen molar-refractivity contribution in [1.29, 1.82) is 0 Å². The number of carbonyl (C=O) groups is 1. The molecule has 1 saturated heterocycles. The Labute approximate surface area is 118 Å². The lowest BCUT2D eigenvalue weighted by molar-refractivity contribution is 0.0804. The first-order valence-electron chi connectivity index (χ1n) is 7.16. The fraction of sp³-hybridized carbons (Fsp3) is 0.571. The number of furan rings is 1. The van der Waals surface area contributed by atoms with Gasteiger partial charge in [0.15, 0.2) is 5.76 Å². The van der Waals surface area contributed by atoms with Gasteiger partial charge in [-0.2, -0.15) is 0 Å². The monoisotopic (exact) mass is 276 g/mol. The number of aliphatic imine (C=N–C) groups is 1. The SMILES string of the molecule is CCN1CCN(C2=NCCN2C(=O)c2ccco2)CC1. The Morgan fingerprint density at radius 3 is 2.75 bits per heavy atom. The van der Waals surface area contributed by atoms with Crippen LogP contribution in [0.1, 0.15) is 17.5 Å². The average molecular weight is 276 g/mol. The molecule has 0 aliphatic carbocycles. The van der Waals surface area contributed by atoms with E-state index in [1.54, 1.807) is 17.0 Å². The van der Waals surface area contributed by atoms with Crippen LogP contribution < -0.4 is 0 Å². The second-order valence-corrected chi connectivity index (χ2v) is 5.04. The minimum atomic E-state index is -0.0934. The smallest absolute Gasteiger partial charge is 0.296 e. The van der Waals surface area contributed by atoms with Crippen LogP contribution in [0.25, 0.3) is 0 Å². The molecule has 0 unspecified atom stereocenters. The fourth-order valence-corrected chi connectivity index (χ4v) is 2.70. The van der Waals surface area contributed by atoms with Crippen molar-refractivity contribution in [3.05, 3.63) is 24.2 Å². The minimum absolute atomic E-state index is 0.0934. The second kappa shape index (κ2) is 5.66. The first-order valence-corrected chi connectivity index (χ1v) is 7.16. The van der Waals surface area contributed by atoms with Gasteiger partial charge >= 0.3 is 0 Å². The van der Waals surface area contributed by atoms with E-state index in [9.17, 15) is 4.79 Å². The molecule has 2 aliphatic heterocycles. The molecule has 1 aromatic rings. The molecule has 0 N–H and O–H groups in total. The number of nitrogens with zero attached hydrogens (tertiary/aromatic N) is 4. The number of rotatable bonds is 2. The van der Waals surface area contributed by atoms with Crippen molar-refractivity contribution < 1.29 is 9.21 Å². The van der Waals surface area contributed by atoms with Gasteiger partial charge in [-0.05, 0) is 18.7 Å². The van der Waals surface area contributed by atoms with Gasteiger partial charge in [-0.25, -0.2) is 0 Å². The van der Waals surface area contributed by atoms with Gasteiger partial charge < -0.3 is 14.2 Å². The van der Waals surface area contributed by atoms with Crippen molar-refractivity contribution in [1.82, 2.24) is 14.7 Å². The molecule has 1 amide bonds. The van der Waals surface area contributed by atoms with Gasteiger partial charge in [0.05, 0.1) is 12.8 Å². The van der Waals surface area contributed by atoms with E-state index >= 15 is 0 Å². The Balaban J connectivity index is 1.69. The van der Waals surface area contributed by atoms with Crippen LogP contribution in [0.2, 0.25) is 0 Å². The molecular weight excluding hydrogens is 256 g/mol. The van der Waals surface area contributed by atoms with E-state index in [0.717, 1.165) is 38.7 Å². The lowest BCUT2D eigenvalue weighted by Crippen LogP contribution is -2.53. The maximum Gasteiger partial charge on any atom is 0.296 e. The van der Waals surface area contributed by atoms with Crippen LogP contribution in [0.15, 0.2) is 27.8 Å². The number of guanidine groups is 1. The predicted molar refractivity (Wildman–Crippen MR) is 75.7 cm³/mol. The van der Waals surface area contributed by atoms with Gasteiger partial charge in [0.25, 0.3) is 5.91 Å². The van der Waals surface area contributed by atoms with Crippen molar-refractivity contribution in [3.8, 4) is 0 Å². The molecule has 0 bridgehead atoms. The zero-order chi connectivity index (χ0) is 13.9. The molecule has 108 valence electrons. The summed E-state index contributed by atoms with van der Waals surface area (Å²) in [5, 5.41) is 0. The molecule has 1 aromatic heterocycles. The second-order valence-electron chi connectivity index (χ2n) is 5.04. The van der Waals surface area contributed by atoms with Gasteiger partial charge in [-0.1, -0.05) is 6.92 Å². The Bertz CT molecular complexity index is 489. The molecule has 3 heterocycles. The third kappa shape index (κ3) is 2.43. The van der Waals surface area contributed by atoms with Gasteiger partial charge in [0, 0.05) is 32.7 Å². The molecule has 2 aliphatic rings. The van der Waals surface area contributed by atoms with E-state index in [0.29, 0.717) is 18.8 Å². The summed E-state index contributed by atoms with van der Waals surface area (Å²) in [6.07, 6.45) is 1.53. The van der Waals surface area contributed by atoms with Crippen LogP contribution in [0.4, 0.5) is 0 Å². The summed E-state index contributed by atoms with van der Waals surface area (Å²) in [6, 6.07) is 3.44. The van der Waals surface area contributed by atoms with Gasteiger partial charge in [-0.15, -0.1) is 0 Å². The van der Waals surface area contributed by atoms with Crippen molar-refractivity contribution in [3.63, 3.8) is 0 Å². The molecule has 20 heavy (non-hydrogen) atoms. The van der Waals surface area contributed by atoms with Crippen molar-refractivity contribution in [2.75, 3.05) is 45.8 Å². The highest BCUT2D eigenvalue weighted by Gasteiger charge is 2.31. The highest BCUT2D eigenvalue weighted by molar-refractivity contribution is 6.05. The number of piperazine rings is 1. The Hall–Kier alpha value is -1.82. The lowest BCUT2D eigenvalue weighted by Gasteiger charge is -2.37. The summed E-state index contributed by atoms with van der Waals surface area (Å²) in [6.45, 7) is 8.48. The molecule has 0 spiro atoms. The normalized spacial score (nSPS) is 20.4. The number of carbonyl (C=O) groups excluding carboxylic acids is 1. The minimum Gasteiger partial charge on any atom is -0.459 e. The highest BCUT2D eigenvalue weighted by Crippen LogP contribution is 2.14. The van der Waals surface area contributed by atoms with E-state index in [-0.39, 0.29) is 5.91 Å². The highest BCUT2D eigenvalue weighted by atomic mass is 16.3. The number of hydrogen-bond acceptors (Lipinski definition) is 5. The molecule has 0 radical (unpaired) electrons. The topological polar surface area (TPSA) is 52.3 Å².